The fourth-order valence-electron chi connectivity index (χ4n) is 4.63. The van der Waals surface area contributed by atoms with E-state index < -0.39 is 29.2 Å². The largest absolute Gasteiger partial charge is 0.432 e. The standard InChI is InChI=1S/C30H36F6N4O/c1-6-10-21-16-24(29(33,28(5,31)32)30(34,35)36)15-20(8-3)26(21)39-27(41)22-11-12-23(18-37-19(4)7-2)25(17-22)40-14-9-13-38-40/h9,11-17,19,37H,6-8,10,18H2,1-5H3,(H,39,41). The van der Waals surface area contributed by atoms with Gasteiger partial charge in [0.25, 0.3) is 17.5 Å². The molecule has 0 bridgehead atoms. The highest BCUT2D eigenvalue weighted by Gasteiger charge is 2.70. The van der Waals surface area contributed by atoms with Crippen LogP contribution in [0.15, 0.2) is 48.8 Å². The fraction of sp³-hybridized carbons (Fsp3) is 0.467. The van der Waals surface area contributed by atoms with Crippen molar-refractivity contribution in [2.45, 2.75) is 90.7 Å². The van der Waals surface area contributed by atoms with Crippen molar-refractivity contribution >= 4 is 11.6 Å². The van der Waals surface area contributed by atoms with Gasteiger partial charge in [0, 0.05) is 48.7 Å². The first-order valence-corrected chi connectivity index (χ1v) is 13.6. The minimum Gasteiger partial charge on any atom is -0.321 e. The summed E-state index contributed by atoms with van der Waals surface area (Å²) in [6, 6.07) is 8.66. The predicted octanol–water partition coefficient (Wildman–Crippen LogP) is 7.91. The van der Waals surface area contributed by atoms with Crippen molar-refractivity contribution in [1.82, 2.24) is 15.1 Å². The van der Waals surface area contributed by atoms with Crippen LogP contribution in [0.3, 0.4) is 0 Å². The summed E-state index contributed by atoms with van der Waals surface area (Å²) in [4.78, 5) is 13.5. The molecule has 0 aliphatic heterocycles. The number of aryl methyl sites for hydroxylation is 2. The molecule has 0 aliphatic rings. The highest BCUT2D eigenvalue weighted by molar-refractivity contribution is 6.05. The third-order valence-corrected chi connectivity index (χ3v) is 7.19. The number of halogens is 6. The van der Waals surface area contributed by atoms with Gasteiger partial charge >= 0.3 is 6.18 Å². The molecule has 0 fully saturated rings. The maximum absolute atomic E-state index is 15.3. The van der Waals surface area contributed by atoms with Gasteiger partial charge < -0.3 is 10.6 Å². The monoisotopic (exact) mass is 582 g/mol. The Morgan fingerprint density at radius 3 is 2.22 bits per heavy atom. The zero-order valence-electron chi connectivity index (χ0n) is 23.8. The van der Waals surface area contributed by atoms with Gasteiger partial charge in [-0.05, 0) is 73.2 Å². The molecule has 2 N–H and O–H groups in total. The summed E-state index contributed by atoms with van der Waals surface area (Å²) < 4.78 is 86.5. The molecule has 1 amide bonds. The molecule has 0 radical (unpaired) electrons. The Balaban J connectivity index is 2.06. The highest BCUT2D eigenvalue weighted by Crippen LogP contribution is 2.53. The Hall–Kier alpha value is -3.34. The number of rotatable bonds is 12. The Bertz CT molecular complexity index is 1320. The van der Waals surface area contributed by atoms with Gasteiger partial charge in [-0.15, -0.1) is 0 Å². The van der Waals surface area contributed by atoms with Crippen LogP contribution in [0.2, 0.25) is 0 Å². The van der Waals surface area contributed by atoms with Crippen LogP contribution in [-0.4, -0.2) is 33.8 Å². The lowest BCUT2D eigenvalue weighted by Crippen LogP contribution is -2.51. The first kappa shape index (κ1) is 32.2. The first-order chi connectivity index (χ1) is 19.2. The van der Waals surface area contributed by atoms with E-state index in [0.717, 1.165) is 24.1 Å². The summed E-state index contributed by atoms with van der Waals surface area (Å²) >= 11 is 0. The summed E-state index contributed by atoms with van der Waals surface area (Å²) in [5, 5.41) is 10.5. The van der Waals surface area contributed by atoms with Crippen LogP contribution in [0.5, 0.6) is 0 Å². The number of amides is 1. The summed E-state index contributed by atoms with van der Waals surface area (Å²) in [5.41, 5.74) is -3.81. The molecular formula is C30H36F6N4O. The van der Waals surface area contributed by atoms with E-state index in [9.17, 15) is 26.7 Å². The third-order valence-electron chi connectivity index (χ3n) is 7.19. The van der Waals surface area contributed by atoms with Crippen molar-refractivity contribution in [2.24, 2.45) is 0 Å². The van der Waals surface area contributed by atoms with Gasteiger partial charge in [0.15, 0.2) is 0 Å². The van der Waals surface area contributed by atoms with E-state index in [2.05, 4.69) is 29.6 Å². The lowest BCUT2D eigenvalue weighted by molar-refractivity contribution is -0.304. The molecule has 11 heteroatoms. The summed E-state index contributed by atoms with van der Waals surface area (Å²) in [6.07, 6.45) is -0.955. The quantitative estimate of drug-likeness (QED) is 0.214. The second-order valence-corrected chi connectivity index (χ2v) is 10.3. The molecule has 3 rings (SSSR count). The molecule has 2 aromatic carbocycles. The molecular weight excluding hydrogens is 546 g/mol. The number of hydrogen-bond acceptors (Lipinski definition) is 3. The van der Waals surface area contributed by atoms with E-state index in [-0.39, 0.29) is 48.2 Å². The maximum atomic E-state index is 15.3. The number of carbonyl (C=O) groups is 1. The molecule has 2 atom stereocenters. The molecule has 1 aromatic heterocycles. The normalized spacial score (nSPS) is 14.5. The van der Waals surface area contributed by atoms with E-state index >= 15 is 4.39 Å². The van der Waals surface area contributed by atoms with Crippen LogP contribution in [0.1, 0.15) is 80.1 Å². The van der Waals surface area contributed by atoms with Crippen molar-refractivity contribution in [1.29, 1.82) is 0 Å². The lowest BCUT2D eigenvalue weighted by atomic mass is 9.85. The van der Waals surface area contributed by atoms with Gasteiger partial charge in [-0.2, -0.15) is 18.3 Å². The topological polar surface area (TPSA) is 59.0 Å². The number of anilines is 1. The zero-order chi connectivity index (χ0) is 30.6. The van der Waals surface area contributed by atoms with Crippen molar-refractivity contribution in [2.75, 3.05) is 5.32 Å². The van der Waals surface area contributed by atoms with Crippen LogP contribution < -0.4 is 10.6 Å². The Kier molecular flexibility index (Phi) is 9.94. The molecule has 2 unspecified atom stereocenters. The summed E-state index contributed by atoms with van der Waals surface area (Å²) in [5.74, 6) is -5.29. The Morgan fingerprint density at radius 1 is 1.00 bits per heavy atom. The van der Waals surface area contributed by atoms with Crippen LogP contribution in [0.4, 0.5) is 32.0 Å². The smallest absolute Gasteiger partial charge is 0.321 e. The lowest BCUT2D eigenvalue weighted by Gasteiger charge is -2.34. The summed E-state index contributed by atoms with van der Waals surface area (Å²) in [6.45, 7) is 7.91. The first-order valence-electron chi connectivity index (χ1n) is 13.6. The van der Waals surface area contributed by atoms with Gasteiger partial charge in [-0.1, -0.05) is 33.3 Å². The number of aromatic nitrogens is 2. The zero-order valence-corrected chi connectivity index (χ0v) is 23.8. The maximum Gasteiger partial charge on any atom is 0.432 e. The van der Waals surface area contributed by atoms with Gasteiger partial charge in [-0.25, -0.2) is 17.9 Å². The fourth-order valence-corrected chi connectivity index (χ4v) is 4.63. The van der Waals surface area contributed by atoms with Gasteiger partial charge in [0.1, 0.15) is 0 Å². The molecule has 1 heterocycles. The minimum atomic E-state index is -5.86. The number of alkyl halides is 6. The van der Waals surface area contributed by atoms with Crippen LogP contribution in [0, 0.1) is 0 Å². The molecule has 0 aliphatic carbocycles. The Morgan fingerprint density at radius 2 is 1.68 bits per heavy atom. The summed E-state index contributed by atoms with van der Waals surface area (Å²) in [7, 11) is 0. The SMILES string of the molecule is CCCc1cc(C(F)(C(C)(F)F)C(F)(F)F)cc(CC)c1NC(=O)c1ccc(CNC(C)CC)c(-n2cccn2)c1. The number of nitrogens with zero attached hydrogens (tertiary/aromatic N) is 2. The number of nitrogens with one attached hydrogen (secondary N) is 2. The molecule has 0 spiro atoms. The molecule has 224 valence electrons. The number of hydrogen-bond donors (Lipinski definition) is 2. The number of benzene rings is 2. The average molecular weight is 583 g/mol. The van der Waals surface area contributed by atoms with Crippen molar-refractivity contribution in [3.05, 3.63) is 76.6 Å². The van der Waals surface area contributed by atoms with E-state index in [0.29, 0.717) is 18.7 Å². The van der Waals surface area contributed by atoms with E-state index in [4.69, 9.17) is 0 Å². The average Bonchev–Trinajstić information content (AvgIpc) is 3.45. The van der Waals surface area contributed by atoms with Crippen LogP contribution in [-0.2, 0) is 25.1 Å². The molecule has 3 aromatic rings. The second-order valence-electron chi connectivity index (χ2n) is 10.3. The van der Waals surface area contributed by atoms with Gasteiger partial charge in [0.2, 0.25) is 0 Å². The van der Waals surface area contributed by atoms with Crippen molar-refractivity contribution in [3.63, 3.8) is 0 Å². The van der Waals surface area contributed by atoms with Gasteiger partial charge in [0.05, 0.1) is 5.69 Å². The molecule has 0 saturated carbocycles. The van der Waals surface area contributed by atoms with Crippen LogP contribution in [0.25, 0.3) is 5.69 Å². The molecule has 5 nitrogen and oxygen atoms in total. The van der Waals surface area contributed by atoms with E-state index in [1.54, 1.807) is 55.2 Å². The third kappa shape index (κ3) is 6.77. The minimum absolute atomic E-state index is 0.0716. The van der Waals surface area contributed by atoms with E-state index in [1.165, 1.54) is 0 Å². The highest BCUT2D eigenvalue weighted by atomic mass is 19.4. The van der Waals surface area contributed by atoms with E-state index in [1.807, 2.05) is 0 Å². The van der Waals surface area contributed by atoms with Crippen molar-refractivity contribution < 1.29 is 31.1 Å². The number of carbonyl (C=O) groups excluding carboxylic acids is 1. The van der Waals surface area contributed by atoms with Gasteiger partial charge in [-0.3, -0.25) is 4.79 Å². The molecule has 41 heavy (non-hydrogen) atoms. The second kappa shape index (κ2) is 12.7. The predicted molar refractivity (Wildman–Crippen MR) is 147 cm³/mol. The Labute approximate surface area is 236 Å². The van der Waals surface area contributed by atoms with Crippen molar-refractivity contribution in [3.8, 4) is 5.69 Å². The molecule has 0 saturated heterocycles. The van der Waals surface area contributed by atoms with Crippen LogP contribution >= 0.6 is 0 Å².